The molecule has 0 saturated heterocycles. The summed E-state index contributed by atoms with van der Waals surface area (Å²) in [5.74, 6) is 0. The number of hydrogen-bond donors (Lipinski definition) is 1. The molecular weight excluding hydrogens is 230 g/mol. The van der Waals surface area contributed by atoms with E-state index in [0.717, 1.165) is 17.0 Å². The lowest BCUT2D eigenvalue weighted by Gasteiger charge is -1.92. The lowest BCUT2D eigenvalue weighted by molar-refractivity contribution is 1.32. The van der Waals surface area contributed by atoms with E-state index in [2.05, 4.69) is 31.1 Å². The predicted octanol–water partition coefficient (Wildman–Crippen LogP) is 6.72. The van der Waals surface area contributed by atoms with Crippen molar-refractivity contribution in [1.82, 2.24) is 4.98 Å². The maximum Gasteiger partial charge on any atom is 0.0455 e. The Balaban J connectivity index is -0.000000375. The molecule has 1 heteroatoms. The van der Waals surface area contributed by atoms with E-state index in [4.69, 9.17) is 0 Å². The van der Waals surface area contributed by atoms with E-state index in [9.17, 15) is 0 Å². The molecule has 0 aromatic carbocycles. The van der Waals surface area contributed by atoms with E-state index < -0.39 is 0 Å². The van der Waals surface area contributed by atoms with Gasteiger partial charge in [0.2, 0.25) is 0 Å². The molecule has 1 aromatic heterocycles. The zero-order chi connectivity index (χ0) is 15.8. The summed E-state index contributed by atoms with van der Waals surface area (Å²) in [5, 5.41) is 0. The van der Waals surface area contributed by atoms with Gasteiger partial charge in [-0.15, -0.1) is 0 Å². The van der Waals surface area contributed by atoms with Crippen LogP contribution >= 0.6 is 0 Å². The summed E-state index contributed by atoms with van der Waals surface area (Å²) >= 11 is 0. The van der Waals surface area contributed by atoms with Gasteiger partial charge in [0.1, 0.15) is 0 Å². The smallest absolute Gasteiger partial charge is 0.0455 e. The average Bonchev–Trinajstić information content (AvgIpc) is 2.81. The van der Waals surface area contributed by atoms with E-state index in [1.165, 1.54) is 5.56 Å². The molecule has 0 radical (unpaired) electrons. The minimum atomic E-state index is 1.04. The number of allylic oxidation sites excluding steroid dienone is 1. The molecule has 0 aliphatic heterocycles. The summed E-state index contributed by atoms with van der Waals surface area (Å²) in [6.45, 7) is 23.6. The minimum absolute atomic E-state index is 1.04. The third kappa shape index (κ3) is 7.50. The van der Waals surface area contributed by atoms with Crippen LogP contribution in [0.5, 0.6) is 0 Å². The topological polar surface area (TPSA) is 15.8 Å². The van der Waals surface area contributed by atoms with Gasteiger partial charge in [-0.25, -0.2) is 0 Å². The molecule has 0 aliphatic carbocycles. The second-order valence-electron chi connectivity index (χ2n) is 2.90. The average molecular weight is 263 g/mol. The second kappa shape index (κ2) is 16.5. The third-order valence-corrected chi connectivity index (χ3v) is 2.11. The van der Waals surface area contributed by atoms with Gasteiger partial charge < -0.3 is 4.98 Å². The van der Waals surface area contributed by atoms with Crippen LogP contribution in [-0.2, 0) is 0 Å². The monoisotopic (exact) mass is 263 g/mol. The van der Waals surface area contributed by atoms with Gasteiger partial charge in [-0.2, -0.15) is 0 Å². The fourth-order valence-electron chi connectivity index (χ4n) is 1.41. The quantitative estimate of drug-likeness (QED) is 0.623. The molecule has 0 amide bonds. The summed E-state index contributed by atoms with van der Waals surface area (Å²) in [6.07, 6.45) is 7.74. The fraction of sp³-hybridized carbons (Fsp3) is 0.444. The zero-order valence-corrected chi connectivity index (χ0v) is 14.2. The van der Waals surface area contributed by atoms with Gasteiger partial charge in [0.05, 0.1) is 0 Å². The Labute approximate surface area is 121 Å². The molecule has 1 N–H and O–H groups in total. The van der Waals surface area contributed by atoms with Crippen molar-refractivity contribution in [1.29, 1.82) is 0 Å². The number of aromatic amines is 1. The summed E-state index contributed by atoms with van der Waals surface area (Å²) in [4.78, 5) is 3.28. The Morgan fingerprint density at radius 2 is 1.32 bits per heavy atom. The Bertz CT molecular complexity index is 354. The number of H-pyrrole nitrogens is 1. The fourth-order valence-corrected chi connectivity index (χ4v) is 1.41. The highest BCUT2D eigenvalue weighted by Crippen LogP contribution is 2.21. The number of hydrogen-bond acceptors (Lipinski definition) is 0. The summed E-state index contributed by atoms with van der Waals surface area (Å²) in [7, 11) is 0. The second-order valence-corrected chi connectivity index (χ2v) is 2.90. The van der Waals surface area contributed by atoms with Crippen molar-refractivity contribution in [2.45, 2.75) is 55.4 Å². The highest BCUT2D eigenvalue weighted by atomic mass is 14.7. The lowest BCUT2D eigenvalue weighted by atomic mass is 10.1. The molecule has 0 unspecified atom stereocenters. The van der Waals surface area contributed by atoms with Gasteiger partial charge in [-0.1, -0.05) is 66.9 Å². The van der Waals surface area contributed by atoms with Crippen molar-refractivity contribution < 1.29 is 0 Å². The summed E-state index contributed by atoms with van der Waals surface area (Å²) in [5.41, 5.74) is 4.54. The van der Waals surface area contributed by atoms with Crippen LogP contribution in [0.25, 0.3) is 18.2 Å². The molecule has 1 heterocycles. The number of nitrogens with one attached hydrogen (secondary N) is 1. The minimum Gasteiger partial charge on any atom is -0.355 e. The van der Waals surface area contributed by atoms with E-state index >= 15 is 0 Å². The van der Waals surface area contributed by atoms with Gasteiger partial charge in [0, 0.05) is 17.0 Å². The Morgan fingerprint density at radius 1 is 0.842 bits per heavy atom. The van der Waals surface area contributed by atoms with Crippen LogP contribution < -0.4 is 0 Å². The van der Waals surface area contributed by atoms with Crippen LogP contribution in [-0.4, -0.2) is 4.98 Å². The number of rotatable bonds is 3. The Hall–Kier alpha value is -1.50. The molecule has 0 atom stereocenters. The van der Waals surface area contributed by atoms with Crippen molar-refractivity contribution in [3.05, 3.63) is 41.7 Å². The van der Waals surface area contributed by atoms with Crippen molar-refractivity contribution in [3.63, 3.8) is 0 Å². The molecule has 1 aromatic rings. The normalized spacial score (nSPS) is 8.21. The van der Waals surface area contributed by atoms with E-state index in [1.54, 1.807) is 0 Å². The predicted molar refractivity (Wildman–Crippen MR) is 94.5 cm³/mol. The lowest BCUT2D eigenvalue weighted by Crippen LogP contribution is -1.75. The molecule has 1 nitrogen and oxygen atoms in total. The zero-order valence-electron chi connectivity index (χ0n) is 14.2. The molecule has 0 fully saturated rings. The van der Waals surface area contributed by atoms with Gasteiger partial charge in [0.25, 0.3) is 0 Å². The van der Waals surface area contributed by atoms with Crippen molar-refractivity contribution >= 4 is 18.2 Å². The standard InChI is InChI=1S/C12H15N.3C2H6/c1-5-8-12-9(4)10(6-2)11(7-3)13-12;3*1-2/h5-8,13H,2-3H2,1,4H3;3*1-2H3/b8-5-;;;. The molecule has 0 saturated carbocycles. The molecule has 0 bridgehead atoms. The number of aromatic nitrogens is 1. The summed E-state index contributed by atoms with van der Waals surface area (Å²) < 4.78 is 0. The first-order valence-electron chi connectivity index (χ1n) is 7.34. The highest BCUT2D eigenvalue weighted by molar-refractivity contribution is 5.69. The first-order chi connectivity index (χ1) is 9.24. The van der Waals surface area contributed by atoms with E-state index in [-0.39, 0.29) is 0 Å². The van der Waals surface area contributed by atoms with Gasteiger partial charge in [-0.05, 0) is 31.6 Å². The van der Waals surface area contributed by atoms with Crippen molar-refractivity contribution in [3.8, 4) is 0 Å². The van der Waals surface area contributed by atoms with Crippen molar-refractivity contribution in [2.24, 2.45) is 0 Å². The van der Waals surface area contributed by atoms with Crippen molar-refractivity contribution in [2.75, 3.05) is 0 Å². The van der Waals surface area contributed by atoms with Gasteiger partial charge >= 0.3 is 0 Å². The van der Waals surface area contributed by atoms with Crippen LogP contribution in [0, 0.1) is 6.92 Å². The third-order valence-electron chi connectivity index (χ3n) is 2.11. The summed E-state index contributed by atoms with van der Waals surface area (Å²) in [6, 6.07) is 0. The largest absolute Gasteiger partial charge is 0.355 e. The first-order valence-corrected chi connectivity index (χ1v) is 7.34. The highest BCUT2D eigenvalue weighted by Gasteiger charge is 2.06. The SMILES string of the molecule is C=Cc1[nH]c(/C=C\C)c(C)c1C=C.CC.CC.CC. The van der Waals surface area contributed by atoms with Crippen LogP contribution in [0.2, 0.25) is 0 Å². The van der Waals surface area contributed by atoms with Gasteiger partial charge in [-0.3, -0.25) is 0 Å². The van der Waals surface area contributed by atoms with Crippen LogP contribution in [0.4, 0.5) is 0 Å². The first kappa shape index (κ1) is 22.7. The molecule has 0 aliphatic rings. The molecular formula is C18H33N. The maximum atomic E-state index is 3.78. The van der Waals surface area contributed by atoms with Crippen LogP contribution in [0.1, 0.15) is 71.0 Å². The molecule has 0 spiro atoms. The Kier molecular flexibility index (Phi) is 19.7. The van der Waals surface area contributed by atoms with Gasteiger partial charge in [0.15, 0.2) is 0 Å². The molecule has 110 valence electrons. The molecule has 19 heavy (non-hydrogen) atoms. The van der Waals surface area contributed by atoms with Crippen LogP contribution in [0.3, 0.4) is 0 Å². The Morgan fingerprint density at radius 3 is 1.58 bits per heavy atom. The van der Waals surface area contributed by atoms with E-state index in [1.807, 2.05) is 66.7 Å². The van der Waals surface area contributed by atoms with E-state index in [0.29, 0.717) is 0 Å². The van der Waals surface area contributed by atoms with Crippen LogP contribution in [0.15, 0.2) is 19.2 Å². The maximum absolute atomic E-state index is 3.78. The molecule has 1 rings (SSSR count).